The minimum atomic E-state index is -1.21. The Kier molecular flexibility index (Phi) is 5.68. The Bertz CT molecular complexity index is 1270. The summed E-state index contributed by atoms with van der Waals surface area (Å²) >= 11 is 1.11. The molecule has 4 rings (SSSR count). The Hall–Kier alpha value is -3.71. The average molecular weight is 468 g/mol. The molecule has 1 aromatic carbocycles. The fourth-order valence-corrected chi connectivity index (χ4v) is 4.94. The van der Waals surface area contributed by atoms with Crippen LogP contribution in [0.5, 0.6) is 5.88 Å². The lowest BCUT2D eigenvalue weighted by Gasteiger charge is -2.33. The molecule has 2 heterocycles. The second-order valence-corrected chi connectivity index (χ2v) is 8.73. The number of amidine groups is 1. The van der Waals surface area contributed by atoms with Crippen LogP contribution in [-0.2, 0) is 10.3 Å². The van der Waals surface area contributed by atoms with Crippen LogP contribution in [-0.4, -0.2) is 39.4 Å². The van der Waals surface area contributed by atoms with E-state index in [4.69, 9.17) is 16.9 Å². The largest absolute Gasteiger partial charge is 0.463 e. The Morgan fingerprint density at radius 2 is 2.18 bits per heavy atom. The van der Waals surface area contributed by atoms with Gasteiger partial charge in [-0.3, -0.25) is 4.79 Å². The lowest BCUT2D eigenvalue weighted by atomic mass is 9.86. The summed E-state index contributed by atoms with van der Waals surface area (Å²) in [6.07, 6.45) is 10.5. The number of rotatable bonds is 6. The molecule has 10 heteroatoms. The number of nitrogens with zero attached hydrogens (tertiary/aromatic N) is 3. The molecule has 168 valence electrons. The molecular formula is C23H19F2N5O2S. The summed E-state index contributed by atoms with van der Waals surface area (Å²) in [4.78, 5) is 24.8. The molecule has 1 amide bonds. The molecule has 0 unspecified atom stereocenters. The van der Waals surface area contributed by atoms with Crippen molar-refractivity contribution in [1.82, 2.24) is 15.3 Å². The molecule has 7 nitrogen and oxygen atoms in total. The second kappa shape index (κ2) is 8.33. The van der Waals surface area contributed by atoms with Crippen LogP contribution in [0.15, 0.2) is 47.2 Å². The van der Waals surface area contributed by atoms with Gasteiger partial charge in [-0.15, -0.1) is 6.42 Å². The number of hydrogen-bond donors (Lipinski definition) is 2. The van der Waals surface area contributed by atoms with Crippen LogP contribution >= 0.6 is 11.8 Å². The summed E-state index contributed by atoms with van der Waals surface area (Å²) in [5.74, 6) is 0.977. The SMILES string of the molecule is C#CCOc1cnc(/C(F)=C/c2ccc(F)c([C@@]3(C)N=C(N)S[C@@]4(C(=O)NC)C=C43)c2)cn1. The maximum Gasteiger partial charge on any atom is 0.244 e. The molecule has 2 aromatic rings. The summed E-state index contributed by atoms with van der Waals surface area (Å²) in [5, 5.41) is 2.77. The first-order valence-electron chi connectivity index (χ1n) is 9.79. The molecule has 1 aliphatic heterocycles. The van der Waals surface area contributed by atoms with Crippen molar-refractivity contribution in [1.29, 1.82) is 0 Å². The third-order valence-electron chi connectivity index (χ3n) is 5.34. The number of thioether (sulfide) groups is 1. The second-order valence-electron chi connectivity index (χ2n) is 7.46. The highest BCUT2D eigenvalue weighted by Gasteiger charge is 2.62. The molecule has 1 aromatic heterocycles. The highest BCUT2D eigenvalue weighted by Crippen LogP contribution is 2.60. The normalized spacial score (nSPS) is 23.5. The molecule has 0 saturated carbocycles. The number of halogens is 2. The van der Waals surface area contributed by atoms with Crippen LogP contribution in [0.1, 0.15) is 23.7 Å². The van der Waals surface area contributed by atoms with Gasteiger partial charge in [0.25, 0.3) is 0 Å². The van der Waals surface area contributed by atoms with Gasteiger partial charge in [0.15, 0.2) is 17.6 Å². The zero-order valence-corrected chi connectivity index (χ0v) is 18.5. The lowest BCUT2D eigenvalue weighted by molar-refractivity contribution is -0.120. The molecule has 0 spiro atoms. The predicted molar refractivity (Wildman–Crippen MR) is 123 cm³/mol. The zero-order valence-electron chi connectivity index (χ0n) is 17.7. The quantitative estimate of drug-likeness (QED) is 0.500. The van der Waals surface area contributed by atoms with E-state index in [1.54, 1.807) is 13.0 Å². The lowest BCUT2D eigenvalue weighted by Crippen LogP contribution is -2.43. The van der Waals surface area contributed by atoms with Crippen LogP contribution in [0.4, 0.5) is 8.78 Å². The Balaban J connectivity index is 1.66. The van der Waals surface area contributed by atoms with Gasteiger partial charge < -0.3 is 15.8 Å². The van der Waals surface area contributed by atoms with Gasteiger partial charge in [-0.05, 0) is 36.3 Å². The van der Waals surface area contributed by atoms with Gasteiger partial charge in [-0.2, -0.15) is 0 Å². The summed E-state index contributed by atoms with van der Waals surface area (Å²) in [7, 11) is 1.52. The molecular weight excluding hydrogens is 448 g/mol. The fraction of sp³-hybridized carbons (Fsp3) is 0.217. The van der Waals surface area contributed by atoms with E-state index in [2.05, 4.69) is 26.2 Å². The number of nitrogens with one attached hydrogen (secondary N) is 1. The van der Waals surface area contributed by atoms with Crippen molar-refractivity contribution >= 4 is 34.7 Å². The molecule has 0 radical (unpaired) electrons. The third kappa shape index (κ3) is 3.96. The van der Waals surface area contributed by atoms with E-state index in [1.165, 1.54) is 43.7 Å². The maximum atomic E-state index is 14.9. The zero-order chi connectivity index (χ0) is 23.8. The van der Waals surface area contributed by atoms with Crippen molar-refractivity contribution in [3.05, 3.63) is 64.9 Å². The highest BCUT2D eigenvalue weighted by atomic mass is 32.2. The van der Waals surface area contributed by atoms with E-state index < -0.39 is 21.9 Å². The number of fused-ring (bicyclic) bond motifs is 1. The highest BCUT2D eigenvalue weighted by molar-refractivity contribution is 8.16. The summed E-state index contributed by atoms with van der Waals surface area (Å²) in [6, 6.07) is 4.13. The molecule has 2 aliphatic rings. The Labute approximate surface area is 193 Å². The molecule has 3 N–H and O–H groups in total. The molecule has 33 heavy (non-hydrogen) atoms. The number of amides is 1. The van der Waals surface area contributed by atoms with Crippen molar-refractivity contribution in [2.24, 2.45) is 10.7 Å². The van der Waals surface area contributed by atoms with Gasteiger partial charge in [0, 0.05) is 12.6 Å². The van der Waals surface area contributed by atoms with Crippen LogP contribution < -0.4 is 15.8 Å². The predicted octanol–water partition coefficient (Wildman–Crippen LogP) is 2.80. The Morgan fingerprint density at radius 1 is 1.39 bits per heavy atom. The summed E-state index contributed by atoms with van der Waals surface area (Å²) in [6.45, 7) is 1.70. The smallest absolute Gasteiger partial charge is 0.244 e. The van der Waals surface area contributed by atoms with Gasteiger partial charge in [-0.1, -0.05) is 29.8 Å². The molecule has 2 atom stereocenters. The first-order valence-corrected chi connectivity index (χ1v) is 10.6. The van der Waals surface area contributed by atoms with Gasteiger partial charge in [0.05, 0.1) is 12.4 Å². The van der Waals surface area contributed by atoms with E-state index in [9.17, 15) is 13.6 Å². The van der Waals surface area contributed by atoms with Crippen LogP contribution in [0.2, 0.25) is 0 Å². The Morgan fingerprint density at radius 3 is 2.85 bits per heavy atom. The van der Waals surface area contributed by atoms with Gasteiger partial charge in [0.2, 0.25) is 11.8 Å². The van der Waals surface area contributed by atoms with E-state index in [-0.39, 0.29) is 34.8 Å². The first kappa shape index (κ1) is 22.5. The summed E-state index contributed by atoms with van der Waals surface area (Å²) in [5.41, 5.74) is 5.94. The molecule has 1 aliphatic carbocycles. The van der Waals surface area contributed by atoms with E-state index >= 15 is 0 Å². The van der Waals surface area contributed by atoms with Crippen molar-refractivity contribution in [2.45, 2.75) is 17.2 Å². The van der Waals surface area contributed by atoms with Gasteiger partial charge in [-0.25, -0.2) is 23.7 Å². The van der Waals surface area contributed by atoms with Gasteiger partial charge >= 0.3 is 0 Å². The van der Waals surface area contributed by atoms with Crippen LogP contribution in [0.3, 0.4) is 0 Å². The van der Waals surface area contributed by atoms with Crippen molar-refractivity contribution in [3.8, 4) is 18.2 Å². The number of carbonyl (C=O) groups is 1. The van der Waals surface area contributed by atoms with Crippen molar-refractivity contribution in [3.63, 3.8) is 0 Å². The molecule has 0 fully saturated rings. The van der Waals surface area contributed by atoms with E-state index in [1.807, 2.05) is 0 Å². The van der Waals surface area contributed by atoms with E-state index in [0.717, 1.165) is 11.8 Å². The topological polar surface area (TPSA) is 102 Å². The monoisotopic (exact) mass is 467 g/mol. The number of aromatic nitrogens is 2. The van der Waals surface area contributed by atoms with Crippen molar-refractivity contribution < 1.29 is 18.3 Å². The summed E-state index contributed by atoms with van der Waals surface area (Å²) < 4.78 is 33.9. The number of ether oxygens (including phenoxy) is 1. The number of benzene rings is 1. The van der Waals surface area contributed by atoms with E-state index in [0.29, 0.717) is 11.1 Å². The number of aliphatic imine (C=N–C) groups is 1. The fourth-order valence-electron chi connectivity index (χ4n) is 3.70. The van der Waals surface area contributed by atoms with Crippen LogP contribution in [0, 0.1) is 18.2 Å². The third-order valence-corrected chi connectivity index (χ3v) is 6.48. The minimum absolute atomic E-state index is 0.0204. The molecule has 0 saturated heterocycles. The number of nitrogens with two attached hydrogens (primary N) is 1. The number of hydrogen-bond acceptors (Lipinski definition) is 7. The molecule has 0 bridgehead atoms. The average Bonchev–Trinajstić information content (AvgIpc) is 3.55. The van der Waals surface area contributed by atoms with Gasteiger partial charge in [0.1, 0.15) is 21.8 Å². The minimum Gasteiger partial charge on any atom is -0.463 e. The maximum absolute atomic E-state index is 14.9. The van der Waals surface area contributed by atoms with Crippen LogP contribution in [0.25, 0.3) is 11.9 Å². The number of carbonyl (C=O) groups excluding carboxylic acids is 1. The van der Waals surface area contributed by atoms with Crippen molar-refractivity contribution in [2.75, 3.05) is 13.7 Å². The number of terminal acetylenes is 1. The standard InChI is InChI=1S/C23H19F2N5O2S/c1-4-7-32-19-12-28-17(11-29-19)16(25)9-13-5-6-15(24)14(8-13)22(2)18-10-23(18,20(31)27-3)33-21(26)30-22/h1,5-6,8-12H,7H2,2-3H3,(H2,26,30)(H,27,31)/b16-9-/t22-,23+/m1/s1. The first-order chi connectivity index (χ1) is 15.7.